The molecule has 1 aromatic carbocycles. The quantitative estimate of drug-likeness (QED) is 0.858. The topological polar surface area (TPSA) is 58.8 Å². The molecule has 0 saturated carbocycles. The van der Waals surface area contributed by atoms with E-state index in [-0.39, 0.29) is 5.91 Å². The van der Waals surface area contributed by atoms with E-state index in [4.69, 9.17) is 10.5 Å². The van der Waals surface area contributed by atoms with Crippen molar-refractivity contribution in [2.24, 2.45) is 5.92 Å². The van der Waals surface area contributed by atoms with Crippen LogP contribution < -0.4 is 10.5 Å². The molecule has 0 unspecified atom stereocenters. The molecule has 116 valence electrons. The van der Waals surface area contributed by atoms with Crippen LogP contribution in [0.25, 0.3) is 0 Å². The number of piperazine rings is 1. The first-order valence-corrected chi connectivity index (χ1v) is 7.45. The van der Waals surface area contributed by atoms with Crippen molar-refractivity contribution in [3.8, 4) is 5.75 Å². The van der Waals surface area contributed by atoms with E-state index in [9.17, 15) is 4.79 Å². The van der Waals surface area contributed by atoms with Crippen LogP contribution in [-0.4, -0.2) is 55.5 Å². The molecule has 0 radical (unpaired) electrons. The van der Waals surface area contributed by atoms with Gasteiger partial charge in [-0.25, -0.2) is 0 Å². The van der Waals surface area contributed by atoms with Crippen LogP contribution in [0.4, 0.5) is 5.69 Å². The molecule has 0 aliphatic carbocycles. The molecule has 0 aromatic heterocycles. The number of benzene rings is 1. The van der Waals surface area contributed by atoms with E-state index in [1.165, 1.54) is 0 Å². The number of ether oxygens (including phenoxy) is 1. The van der Waals surface area contributed by atoms with Gasteiger partial charge in [-0.05, 0) is 18.1 Å². The van der Waals surface area contributed by atoms with Gasteiger partial charge in [-0.15, -0.1) is 0 Å². The Morgan fingerprint density at radius 1 is 1.24 bits per heavy atom. The number of nitrogens with two attached hydrogens (primary N) is 1. The van der Waals surface area contributed by atoms with Crippen molar-refractivity contribution in [1.29, 1.82) is 0 Å². The molecule has 2 rings (SSSR count). The van der Waals surface area contributed by atoms with Gasteiger partial charge in [-0.2, -0.15) is 0 Å². The van der Waals surface area contributed by atoms with Crippen molar-refractivity contribution < 1.29 is 9.53 Å². The zero-order chi connectivity index (χ0) is 15.4. The first kappa shape index (κ1) is 15.6. The lowest BCUT2D eigenvalue weighted by molar-refractivity contribution is 0.0623. The van der Waals surface area contributed by atoms with Gasteiger partial charge in [0, 0.05) is 50.0 Å². The summed E-state index contributed by atoms with van der Waals surface area (Å²) in [5, 5.41) is 0. The van der Waals surface area contributed by atoms with Gasteiger partial charge in [0.1, 0.15) is 5.75 Å². The maximum absolute atomic E-state index is 12.5. The summed E-state index contributed by atoms with van der Waals surface area (Å²) in [6.07, 6.45) is 0. The zero-order valence-electron chi connectivity index (χ0n) is 13.1. The van der Waals surface area contributed by atoms with Gasteiger partial charge in [0.25, 0.3) is 5.91 Å². The summed E-state index contributed by atoms with van der Waals surface area (Å²) in [5.41, 5.74) is 6.97. The van der Waals surface area contributed by atoms with Crippen molar-refractivity contribution in [2.75, 3.05) is 45.6 Å². The minimum Gasteiger partial charge on any atom is -0.497 e. The standard InChI is InChI=1S/C16H25N3O2/c1-12(2)11-18-4-6-19(7-5-18)16(20)13-8-14(17)10-15(9-13)21-3/h8-10,12H,4-7,11,17H2,1-3H3. The summed E-state index contributed by atoms with van der Waals surface area (Å²) < 4.78 is 5.18. The molecule has 1 heterocycles. The zero-order valence-corrected chi connectivity index (χ0v) is 13.1. The highest BCUT2D eigenvalue weighted by Crippen LogP contribution is 2.20. The number of nitrogens with zero attached hydrogens (tertiary/aromatic N) is 2. The summed E-state index contributed by atoms with van der Waals surface area (Å²) in [5.74, 6) is 1.31. The Morgan fingerprint density at radius 2 is 1.90 bits per heavy atom. The van der Waals surface area contributed by atoms with E-state index in [0.29, 0.717) is 22.9 Å². The van der Waals surface area contributed by atoms with Crippen LogP contribution in [-0.2, 0) is 0 Å². The molecule has 1 amide bonds. The first-order chi connectivity index (χ1) is 9.99. The maximum Gasteiger partial charge on any atom is 0.254 e. The number of rotatable bonds is 4. The number of methoxy groups -OCH3 is 1. The van der Waals surface area contributed by atoms with Crippen LogP contribution in [0, 0.1) is 5.92 Å². The van der Waals surface area contributed by atoms with Crippen LogP contribution in [0.5, 0.6) is 5.75 Å². The SMILES string of the molecule is COc1cc(N)cc(C(=O)N2CCN(CC(C)C)CC2)c1. The third-order valence-electron chi connectivity index (χ3n) is 3.69. The van der Waals surface area contributed by atoms with Crippen molar-refractivity contribution in [2.45, 2.75) is 13.8 Å². The number of amides is 1. The second-order valence-electron chi connectivity index (χ2n) is 5.98. The summed E-state index contributed by atoms with van der Waals surface area (Å²) in [6, 6.07) is 5.18. The monoisotopic (exact) mass is 291 g/mol. The molecule has 0 atom stereocenters. The average Bonchev–Trinajstić information content (AvgIpc) is 2.46. The van der Waals surface area contributed by atoms with Gasteiger partial charge in [-0.3, -0.25) is 9.69 Å². The fraction of sp³-hybridized carbons (Fsp3) is 0.562. The Bertz CT molecular complexity index is 494. The summed E-state index contributed by atoms with van der Waals surface area (Å²) in [4.78, 5) is 16.9. The van der Waals surface area contributed by atoms with Crippen molar-refractivity contribution in [1.82, 2.24) is 9.80 Å². The highest BCUT2D eigenvalue weighted by atomic mass is 16.5. The molecule has 5 heteroatoms. The van der Waals surface area contributed by atoms with Gasteiger partial charge in [0.2, 0.25) is 0 Å². The van der Waals surface area contributed by atoms with Crippen molar-refractivity contribution >= 4 is 11.6 Å². The molecule has 1 aliphatic rings. The third kappa shape index (κ3) is 4.11. The molecule has 5 nitrogen and oxygen atoms in total. The fourth-order valence-electron chi connectivity index (χ4n) is 2.70. The molecular weight excluding hydrogens is 266 g/mol. The Labute approximate surface area is 126 Å². The molecule has 0 spiro atoms. The van der Waals surface area contributed by atoms with E-state index < -0.39 is 0 Å². The third-order valence-corrected chi connectivity index (χ3v) is 3.69. The summed E-state index contributed by atoms with van der Waals surface area (Å²) in [6.45, 7) is 8.93. The predicted octanol–water partition coefficient (Wildman–Crippen LogP) is 1.69. The molecule has 2 N–H and O–H groups in total. The van der Waals surface area contributed by atoms with Crippen LogP contribution in [0.15, 0.2) is 18.2 Å². The molecule has 0 bridgehead atoms. The highest BCUT2D eigenvalue weighted by molar-refractivity contribution is 5.95. The Balaban J connectivity index is 2.00. The van der Waals surface area contributed by atoms with E-state index >= 15 is 0 Å². The largest absolute Gasteiger partial charge is 0.497 e. The second kappa shape index (κ2) is 6.80. The number of hydrogen-bond acceptors (Lipinski definition) is 4. The number of hydrogen-bond donors (Lipinski definition) is 1. The van der Waals surface area contributed by atoms with Crippen LogP contribution in [0.3, 0.4) is 0 Å². The summed E-state index contributed by atoms with van der Waals surface area (Å²) in [7, 11) is 1.58. The highest BCUT2D eigenvalue weighted by Gasteiger charge is 2.22. The van der Waals surface area contributed by atoms with Crippen molar-refractivity contribution in [3.63, 3.8) is 0 Å². The molecular formula is C16H25N3O2. The molecule has 1 aliphatic heterocycles. The van der Waals surface area contributed by atoms with Gasteiger partial charge in [-0.1, -0.05) is 13.8 Å². The lowest BCUT2D eigenvalue weighted by Crippen LogP contribution is -2.49. The predicted molar refractivity (Wildman–Crippen MR) is 84.6 cm³/mol. The van der Waals surface area contributed by atoms with Gasteiger partial charge in [0.15, 0.2) is 0 Å². The average molecular weight is 291 g/mol. The maximum atomic E-state index is 12.5. The number of carbonyl (C=O) groups is 1. The molecule has 1 aromatic rings. The van der Waals surface area contributed by atoms with Crippen LogP contribution in [0.2, 0.25) is 0 Å². The van der Waals surface area contributed by atoms with Crippen molar-refractivity contribution in [3.05, 3.63) is 23.8 Å². The smallest absolute Gasteiger partial charge is 0.254 e. The van der Waals surface area contributed by atoms with Gasteiger partial charge in [0.05, 0.1) is 7.11 Å². The lowest BCUT2D eigenvalue weighted by atomic mass is 10.1. The van der Waals surface area contributed by atoms with Crippen LogP contribution >= 0.6 is 0 Å². The molecule has 1 fully saturated rings. The summed E-state index contributed by atoms with van der Waals surface area (Å²) >= 11 is 0. The Kier molecular flexibility index (Phi) is 5.07. The molecule has 1 saturated heterocycles. The van der Waals surface area contributed by atoms with Gasteiger partial charge < -0.3 is 15.4 Å². The van der Waals surface area contributed by atoms with E-state index in [1.807, 2.05) is 4.90 Å². The number of anilines is 1. The number of carbonyl (C=O) groups excluding carboxylic acids is 1. The van der Waals surface area contributed by atoms with E-state index in [2.05, 4.69) is 18.7 Å². The second-order valence-corrected chi connectivity index (χ2v) is 5.98. The van der Waals surface area contributed by atoms with E-state index in [0.717, 1.165) is 32.7 Å². The Morgan fingerprint density at radius 3 is 2.48 bits per heavy atom. The minimum absolute atomic E-state index is 0.0322. The minimum atomic E-state index is 0.0322. The van der Waals surface area contributed by atoms with E-state index in [1.54, 1.807) is 25.3 Å². The van der Waals surface area contributed by atoms with Crippen LogP contribution in [0.1, 0.15) is 24.2 Å². The first-order valence-electron chi connectivity index (χ1n) is 7.45. The lowest BCUT2D eigenvalue weighted by Gasteiger charge is -2.35. The number of nitrogen functional groups attached to an aromatic ring is 1. The Hall–Kier alpha value is -1.75. The fourth-order valence-corrected chi connectivity index (χ4v) is 2.70. The normalized spacial score (nSPS) is 16.3. The molecule has 21 heavy (non-hydrogen) atoms. The van der Waals surface area contributed by atoms with Gasteiger partial charge >= 0.3 is 0 Å².